The molecule has 3 aromatic carbocycles. The number of hydrogen-bond acceptors (Lipinski definition) is 8. The predicted octanol–water partition coefficient (Wildman–Crippen LogP) is 5.25. The number of phenolic OH excluding ortho intramolecular Hbond substituents is 1. The van der Waals surface area contributed by atoms with Crippen LogP contribution in [0.25, 0.3) is 16.9 Å². The standard InChI is InChI=1S/C27H17ClN4O6/c28-20-7-1-16(2-8-20)15-38-27(35)18-5-3-17(4-6-18)23-12-25-29-13-19(14-31(25)30-23)26(34)22-11-21(32(36)37)9-10-24(22)33/h1-14,33H,15H2. The third-order valence-corrected chi connectivity index (χ3v) is 5.96. The first-order chi connectivity index (χ1) is 18.3. The Morgan fingerprint density at radius 1 is 1.00 bits per heavy atom. The van der Waals surface area contributed by atoms with Crippen LogP contribution >= 0.6 is 11.6 Å². The number of nitrogens with zero attached hydrogens (tertiary/aromatic N) is 4. The fourth-order valence-electron chi connectivity index (χ4n) is 3.70. The van der Waals surface area contributed by atoms with Crippen LogP contribution in [0.5, 0.6) is 5.75 Å². The highest BCUT2D eigenvalue weighted by Gasteiger charge is 2.19. The van der Waals surface area contributed by atoms with E-state index < -0.39 is 16.7 Å². The predicted molar refractivity (Wildman–Crippen MR) is 137 cm³/mol. The van der Waals surface area contributed by atoms with Crippen molar-refractivity contribution in [3.63, 3.8) is 0 Å². The Bertz CT molecular complexity index is 1700. The molecule has 0 aliphatic rings. The molecule has 0 aliphatic carbocycles. The molecule has 0 bridgehead atoms. The number of rotatable bonds is 7. The lowest BCUT2D eigenvalue weighted by atomic mass is 10.0. The third-order valence-electron chi connectivity index (χ3n) is 5.71. The maximum absolute atomic E-state index is 12.9. The van der Waals surface area contributed by atoms with Crippen molar-refractivity contribution in [1.82, 2.24) is 14.6 Å². The number of carbonyl (C=O) groups excluding carboxylic acids is 2. The van der Waals surface area contributed by atoms with Gasteiger partial charge in [-0.3, -0.25) is 14.9 Å². The van der Waals surface area contributed by atoms with Gasteiger partial charge >= 0.3 is 5.97 Å². The third kappa shape index (κ3) is 5.06. The average Bonchev–Trinajstić information content (AvgIpc) is 3.36. The molecule has 5 rings (SSSR count). The lowest BCUT2D eigenvalue weighted by Crippen LogP contribution is -2.06. The molecule has 0 radical (unpaired) electrons. The van der Waals surface area contributed by atoms with Gasteiger partial charge in [-0.15, -0.1) is 0 Å². The van der Waals surface area contributed by atoms with E-state index in [4.69, 9.17) is 16.3 Å². The van der Waals surface area contributed by atoms with E-state index in [1.54, 1.807) is 54.6 Å². The molecule has 0 saturated heterocycles. The number of halogens is 1. The molecule has 2 aromatic heterocycles. The van der Waals surface area contributed by atoms with Crippen molar-refractivity contribution in [2.24, 2.45) is 0 Å². The highest BCUT2D eigenvalue weighted by atomic mass is 35.5. The zero-order chi connectivity index (χ0) is 26.8. The smallest absolute Gasteiger partial charge is 0.338 e. The average molecular weight is 529 g/mol. The summed E-state index contributed by atoms with van der Waals surface area (Å²) in [6, 6.07) is 18.6. The highest BCUT2D eigenvalue weighted by molar-refractivity contribution is 6.30. The van der Waals surface area contributed by atoms with E-state index in [1.807, 2.05) is 0 Å². The number of ether oxygens (including phenoxy) is 1. The van der Waals surface area contributed by atoms with Crippen molar-refractivity contribution in [3.8, 4) is 17.0 Å². The van der Waals surface area contributed by atoms with Gasteiger partial charge in [0, 0.05) is 41.2 Å². The van der Waals surface area contributed by atoms with Gasteiger partial charge in [-0.25, -0.2) is 14.3 Å². The van der Waals surface area contributed by atoms with Crippen molar-refractivity contribution >= 4 is 34.7 Å². The molecule has 2 heterocycles. The Morgan fingerprint density at radius 2 is 1.74 bits per heavy atom. The van der Waals surface area contributed by atoms with Crippen molar-refractivity contribution in [2.45, 2.75) is 6.61 Å². The van der Waals surface area contributed by atoms with Crippen LogP contribution in [0.4, 0.5) is 5.69 Å². The molecule has 11 heteroatoms. The fraction of sp³-hybridized carbons (Fsp3) is 0.0370. The number of nitro groups is 1. The van der Waals surface area contributed by atoms with Gasteiger partial charge in [-0.2, -0.15) is 5.10 Å². The number of nitro benzene ring substituents is 1. The summed E-state index contributed by atoms with van der Waals surface area (Å²) in [4.78, 5) is 40.0. The first-order valence-corrected chi connectivity index (χ1v) is 11.6. The van der Waals surface area contributed by atoms with E-state index in [2.05, 4.69) is 10.1 Å². The second-order valence-corrected chi connectivity index (χ2v) is 8.68. The van der Waals surface area contributed by atoms with Crippen LogP contribution in [0.1, 0.15) is 31.8 Å². The molecule has 0 saturated carbocycles. The Kier molecular flexibility index (Phi) is 6.55. The van der Waals surface area contributed by atoms with Crippen LogP contribution in [-0.2, 0) is 11.3 Å². The summed E-state index contributed by atoms with van der Waals surface area (Å²) in [5.74, 6) is -1.50. The molecule has 5 aromatic rings. The second-order valence-electron chi connectivity index (χ2n) is 8.24. The molecule has 0 atom stereocenters. The van der Waals surface area contributed by atoms with Crippen molar-refractivity contribution in [1.29, 1.82) is 0 Å². The number of benzene rings is 3. The van der Waals surface area contributed by atoms with Gasteiger partial charge in [0.25, 0.3) is 5.69 Å². The molecular formula is C27H17ClN4O6. The topological polar surface area (TPSA) is 137 Å². The minimum absolute atomic E-state index is 0.0849. The number of aromatic hydroxyl groups is 1. The Morgan fingerprint density at radius 3 is 2.45 bits per heavy atom. The molecule has 38 heavy (non-hydrogen) atoms. The number of hydrogen-bond donors (Lipinski definition) is 1. The van der Waals surface area contributed by atoms with Crippen LogP contribution in [0.3, 0.4) is 0 Å². The lowest BCUT2D eigenvalue weighted by molar-refractivity contribution is -0.384. The molecule has 0 spiro atoms. The molecular weight excluding hydrogens is 512 g/mol. The van der Waals surface area contributed by atoms with Crippen LogP contribution in [0, 0.1) is 10.1 Å². The molecule has 188 valence electrons. The fourth-order valence-corrected chi connectivity index (χ4v) is 3.83. The van der Waals surface area contributed by atoms with E-state index >= 15 is 0 Å². The summed E-state index contributed by atoms with van der Waals surface area (Å²) in [7, 11) is 0. The minimum Gasteiger partial charge on any atom is -0.507 e. The van der Waals surface area contributed by atoms with Crippen LogP contribution < -0.4 is 0 Å². The van der Waals surface area contributed by atoms with Gasteiger partial charge in [0.05, 0.1) is 27.3 Å². The summed E-state index contributed by atoms with van der Waals surface area (Å²) in [6.45, 7) is 0.116. The summed E-state index contributed by atoms with van der Waals surface area (Å²) in [6.07, 6.45) is 2.73. The highest BCUT2D eigenvalue weighted by Crippen LogP contribution is 2.26. The van der Waals surface area contributed by atoms with E-state index in [9.17, 15) is 24.8 Å². The zero-order valence-electron chi connectivity index (χ0n) is 19.4. The van der Waals surface area contributed by atoms with E-state index in [1.165, 1.54) is 16.9 Å². The molecule has 0 fully saturated rings. The van der Waals surface area contributed by atoms with Crippen molar-refractivity contribution < 1.29 is 24.4 Å². The first kappa shape index (κ1) is 24.6. The summed E-state index contributed by atoms with van der Waals surface area (Å²) >= 11 is 5.87. The van der Waals surface area contributed by atoms with E-state index in [-0.39, 0.29) is 29.2 Å². The quantitative estimate of drug-likeness (QED) is 0.131. The molecule has 1 N–H and O–H groups in total. The zero-order valence-corrected chi connectivity index (χ0v) is 20.2. The van der Waals surface area contributed by atoms with Gasteiger partial charge < -0.3 is 9.84 Å². The number of esters is 1. The van der Waals surface area contributed by atoms with Crippen molar-refractivity contribution in [3.05, 3.63) is 123 Å². The number of non-ortho nitro benzene ring substituents is 1. The van der Waals surface area contributed by atoms with Gasteiger partial charge in [-0.05, 0) is 35.9 Å². The number of fused-ring (bicyclic) bond motifs is 1. The summed E-state index contributed by atoms with van der Waals surface area (Å²) in [5, 5.41) is 26.2. The van der Waals surface area contributed by atoms with Crippen LogP contribution in [0.15, 0.2) is 85.2 Å². The largest absolute Gasteiger partial charge is 0.507 e. The Balaban J connectivity index is 1.33. The number of ketones is 1. The normalized spacial score (nSPS) is 10.9. The maximum atomic E-state index is 12.9. The van der Waals surface area contributed by atoms with Gasteiger partial charge in [0.1, 0.15) is 12.4 Å². The molecule has 0 amide bonds. The monoisotopic (exact) mass is 528 g/mol. The molecule has 0 unspecified atom stereocenters. The van der Waals surface area contributed by atoms with Crippen LogP contribution in [-0.4, -0.2) is 36.4 Å². The lowest BCUT2D eigenvalue weighted by Gasteiger charge is -2.06. The van der Waals surface area contributed by atoms with Crippen molar-refractivity contribution in [2.75, 3.05) is 0 Å². The molecule has 10 nitrogen and oxygen atoms in total. The van der Waals surface area contributed by atoms with E-state index in [0.29, 0.717) is 27.5 Å². The summed E-state index contributed by atoms with van der Waals surface area (Å²) < 4.78 is 6.74. The van der Waals surface area contributed by atoms with Gasteiger partial charge in [0.15, 0.2) is 11.4 Å². The Labute approximate surface area is 219 Å². The van der Waals surface area contributed by atoms with E-state index in [0.717, 1.165) is 23.8 Å². The minimum atomic E-state index is -0.651. The molecule has 0 aliphatic heterocycles. The maximum Gasteiger partial charge on any atom is 0.338 e. The van der Waals surface area contributed by atoms with Crippen LogP contribution in [0.2, 0.25) is 5.02 Å². The Hall–Kier alpha value is -5.09. The number of carbonyl (C=O) groups is 2. The second kappa shape index (κ2) is 10.1. The van der Waals surface area contributed by atoms with Gasteiger partial charge in [-0.1, -0.05) is 35.9 Å². The SMILES string of the molecule is O=C(OCc1ccc(Cl)cc1)c1ccc(-c2cc3ncc(C(=O)c4cc([N+](=O)[O-])ccc4O)cn3n2)cc1. The number of phenols is 1. The number of aromatic nitrogens is 3. The van der Waals surface area contributed by atoms with Gasteiger partial charge in [0.2, 0.25) is 0 Å². The summed E-state index contributed by atoms with van der Waals surface area (Å²) in [5.41, 5.74) is 2.43. The first-order valence-electron chi connectivity index (χ1n) is 11.2.